The molecule has 2 heterocycles. The van der Waals surface area contributed by atoms with Crippen molar-refractivity contribution in [3.8, 4) is 0 Å². The summed E-state index contributed by atoms with van der Waals surface area (Å²) in [6, 6.07) is -0.711. The average molecular weight is 598 g/mol. The maximum atomic E-state index is 13.1. The summed E-state index contributed by atoms with van der Waals surface area (Å²) in [7, 11) is 3.43. The van der Waals surface area contributed by atoms with Crippen molar-refractivity contribution >= 4 is 18.0 Å². The molecule has 2 rings (SSSR count). The zero-order chi connectivity index (χ0) is 31.7. The number of cyclic esters (lactones) is 1. The fourth-order valence-electron chi connectivity index (χ4n) is 5.93. The number of rotatable bonds is 7. The van der Waals surface area contributed by atoms with Gasteiger partial charge < -0.3 is 44.3 Å². The van der Waals surface area contributed by atoms with Crippen LogP contribution in [0.1, 0.15) is 60.3 Å². The molecular formula is C31H51NO10. The van der Waals surface area contributed by atoms with Gasteiger partial charge in [-0.25, -0.2) is 0 Å². The largest absolute Gasteiger partial charge is 0.462 e. The second-order valence-electron chi connectivity index (χ2n) is 12.1. The van der Waals surface area contributed by atoms with Crippen molar-refractivity contribution in [3.63, 3.8) is 0 Å². The van der Waals surface area contributed by atoms with Gasteiger partial charge in [-0.15, -0.1) is 0 Å². The van der Waals surface area contributed by atoms with Gasteiger partial charge in [-0.2, -0.15) is 0 Å². The van der Waals surface area contributed by atoms with Crippen molar-refractivity contribution in [2.24, 2.45) is 23.7 Å². The Morgan fingerprint density at radius 2 is 1.76 bits per heavy atom. The Bertz CT molecular complexity index is 952. The van der Waals surface area contributed by atoms with E-state index in [0.717, 1.165) is 6.29 Å². The lowest BCUT2D eigenvalue weighted by atomic mass is 9.79. The number of aldehydes is 1. The number of aliphatic hydroxyl groups excluding tert-OH is 4. The van der Waals surface area contributed by atoms with Crippen LogP contribution in [0.4, 0.5) is 0 Å². The maximum absolute atomic E-state index is 13.1. The van der Waals surface area contributed by atoms with Gasteiger partial charge in [0.1, 0.15) is 18.5 Å². The van der Waals surface area contributed by atoms with E-state index in [0.29, 0.717) is 12.0 Å². The summed E-state index contributed by atoms with van der Waals surface area (Å²) >= 11 is 0. The highest BCUT2D eigenvalue weighted by atomic mass is 16.7. The number of allylic oxidation sites excluding steroid dienone is 3. The molecule has 12 atom stereocenters. The molecule has 0 aliphatic carbocycles. The van der Waals surface area contributed by atoms with Gasteiger partial charge in [-0.05, 0) is 52.8 Å². The highest BCUT2D eigenvalue weighted by Gasteiger charge is 2.47. The molecule has 2 aliphatic heterocycles. The van der Waals surface area contributed by atoms with Crippen molar-refractivity contribution in [1.29, 1.82) is 0 Å². The minimum absolute atomic E-state index is 0.000625. The van der Waals surface area contributed by atoms with E-state index in [4.69, 9.17) is 14.2 Å². The van der Waals surface area contributed by atoms with Crippen molar-refractivity contribution in [2.45, 2.75) is 109 Å². The highest BCUT2D eigenvalue weighted by molar-refractivity contribution is 5.91. The lowest BCUT2D eigenvalue weighted by Crippen LogP contribution is -2.63. The lowest BCUT2D eigenvalue weighted by molar-refractivity contribution is -0.304. The molecule has 0 aromatic carbocycles. The third-order valence-electron chi connectivity index (χ3n) is 8.56. The minimum Gasteiger partial charge on any atom is -0.462 e. The lowest BCUT2D eigenvalue weighted by Gasteiger charge is -2.46. The molecule has 42 heavy (non-hydrogen) atoms. The van der Waals surface area contributed by atoms with Crippen LogP contribution in [0.25, 0.3) is 0 Å². The number of hydrogen-bond acceptors (Lipinski definition) is 11. The predicted octanol–water partition coefficient (Wildman–Crippen LogP) is 1.40. The second-order valence-corrected chi connectivity index (χ2v) is 12.1. The molecule has 0 radical (unpaired) electrons. The smallest absolute Gasteiger partial charge is 0.308 e. The molecule has 0 aromatic heterocycles. The van der Waals surface area contributed by atoms with Gasteiger partial charge in [0.25, 0.3) is 0 Å². The third kappa shape index (κ3) is 9.51. The SMILES string of the molecule is CC[C@H]1OC(=O)C[C@@H](O)[C@H](C)[C@@H](O[C@@H]2OC(C)[C@@H](O)C(N(C)C)C2O)[C@@H](CC=O)C[C@@H](C)C(=O)/C=C/C(C)=C/[C@@H]1CO. The number of esters is 1. The summed E-state index contributed by atoms with van der Waals surface area (Å²) < 4.78 is 17.9. The van der Waals surface area contributed by atoms with Gasteiger partial charge in [-0.3, -0.25) is 9.59 Å². The maximum Gasteiger partial charge on any atom is 0.308 e. The summed E-state index contributed by atoms with van der Waals surface area (Å²) in [5, 5.41) is 43.0. The fraction of sp³-hybridized carbons (Fsp3) is 0.774. The number of carbonyl (C=O) groups excluding carboxylic acids is 3. The summed E-state index contributed by atoms with van der Waals surface area (Å²) in [6.07, 6.45) is -1.12. The van der Waals surface area contributed by atoms with E-state index in [1.54, 1.807) is 58.8 Å². The van der Waals surface area contributed by atoms with Gasteiger partial charge in [0.15, 0.2) is 12.1 Å². The number of carbonyl (C=O) groups is 3. The van der Waals surface area contributed by atoms with Crippen LogP contribution in [0.2, 0.25) is 0 Å². The predicted molar refractivity (Wildman–Crippen MR) is 155 cm³/mol. The van der Waals surface area contributed by atoms with E-state index in [2.05, 4.69) is 0 Å². The fourth-order valence-corrected chi connectivity index (χ4v) is 5.93. The summed E-state index contributed by atoms with van der Waals surface area (Å²) in [5.74, 6) is -3.16. The molecule has 240 valence electrons. The Balaban J connectivity index is 2.52. The number of nitrogens with zero attached hydrogens (tertiary/aromatic N) is 1. The Morgan fingerprint density at radius 3 is 2.33 bits per heavy atom. The first-order valence-electron chi connectivity index (χ1n) is 14.9. The molecular weight excluding hydrogens is 546 g/mol. The number of hydrogen-bond donors (Lipinski definition) is 4. The van der Waals surface area contributed by atoms with Crippen LogP contribution in [0.3, 0.4) is 0 Å². The molecule has 11 nitrogen and oxygen atoms in total. The first-order valence-corrected chi connectivity index (χ1v) is 14.9. The van der Waals surface area contributed by atoms with Crippen LogP contribution >= 0.6 is 0 Å². The van der Waals surface area contributed by atoms with E-state index < -0.39 is 78.6 Å². The van der Waals surface area contributed by atoms with E-state index in [1.165, 1.54) is 6.08 Å². The molecule has 0 aromatic rings. The molecule has 0 bridgehead atoms. The Morgan fingerprint density at radius 1 is 1.10 bits per heavy atom. The third-order valence-corrected chi connectivity index (χ3v) is 8.56. The van der Waals surface area contributed by atoms with Crippen molar-refractivity contribution in [1.82, 2.24) is 4.90 Å². The molecule has 2 aliphatic rings. The normalized spacial score (nSPS) is 41.6. The molecule has 11 heteroatoms. The molecule has 0 amide bonds. The second kappa shape index (κ2) is 16.7. The average Bonchev–Trinajstić information content (AvgIpc) is 2.93. The van der Waals surface area contributed by atoms with E-state index >= 15 is 0 Å². The number of aliphatic hydroxyl groups is 4. The summed E-state index contributed by atoms with van der Waals surface area (Å²) in [6.45, 7) is 8.42. The van der Waals surface area contributed by atoms with Gasteiger partial charge in [0, 0.05) is 24.2 Å². The quantitative estimate of drug-likeness (QED) is 0.248. The molecule has 3 unspecified atom stereocenters. The van der Waals surface area contributed by atoms with Crippen LogP contribution < -0.4 is 0 Å². The topological polar surface area (TPSA) is 163 Å². The van der Waals surface area contributed by atoms with Gasteiger partial charge in [0.05, 0.1) is 43.5 Å². The van der Waals surface area contributed by atoms with E-state index in [1.807, 2.05) is 6.92 Å². The first-order chi connectivity index (χ1) is 19.7. The Hall–Kier alpha value is -1.99. The number of ketones is 1. The monoisotopic (exact) mass is 597 g/mol. The Kier molecular flexibility index (Phi) is 14.4. The van der Waals surface area contributed by atoms with Crippen LogP contribution in [-0.2, 0) is 28.6 Å². The summed E-state index contributed by atoms with van der Waals surface area (Å²) in [5.41, 5.74) is 0.714. The van der Waals surface area contributed by atoms with Crippen LogP contribution in [0, 0.1) is 23.7 Å². The molecule has 0 spiro atoms. The van der Waals surface area contributed by atoms with Crippen LogP contribution in [-0.4, -0.2) is 113 Å². The molecule has 4 N–H and O–H groups in total. The summed E-state index contributed by atoms with van der Waals surface area (Å²) in [4.78, 5) is 39.6. The minimum atomic E-state index is -1.27. The van der Waals surface area contributed by atoms with Crippen LogP contribution in [0.5, 0.6) is 0 Å². The van der Waals surface area contributed by atoms with Crippen LogP contribution in [0.15, 0.2) is 23.8 Å². The van der Waals surface area contributed by atoms with E-state index in [-0.39, 0.29) is 31.7 Å². The van der Waals surface area contributed by atoms with Crippen molar-refractivity contribution in [2.75, 3.05) is 20.7 Å². The van der Waals surface area contributed by atoms with Gasteiger partial charge >= 0.3 is 5.97 Å². The number of likely N-dealkylation sites (N-methyl/N-ethyl adjacent to an activating group) is 1. The molecule has 0 saturated carbocycles. The molecule has 1 fully saturated rings. The van der Waals surface area contributed by atoms with Gasteiger partial charge in [0.2, 0.25) is 0 Å². The van der Waals surface area contributed by atoms with Crippen molar-refractivity contribution in [3.05, 3.63) is 23.8 Å². The van der Waals surface area contributed by atoms with E-state index in [9.17, 15) is 34.8 Å². The molecule has 1 saturated heterocycles. The zero-order valence-corrected chi connectivity index (χ0v) is 26.0. The van der Waals surface area contributed by atoms with Gasteiger partial charge in [-0.1, -0.05) is 38.5 Å². The standard InChI is InChI=1S/C31H51NO10/c1-8-25-22(16-34)13-17(2)9-10-23(35)18(3)14-21(11-12-33)30(19(4)24(36)15-26(37)41-25)42-31-29(39)27(32(6)7)28(38)20(5)40-31/h9-10,12-13,18-22,24-25,27-31,34,36,38-39H,8,11,14-16H2,1-7H3/b10-9+,17-13+/t18-,19+,20?,21+,22-,24-,25-,27?,28-,29?,30-,31+/m1/s1. The number of ether oxygens (including phenoxy) is 3. The zero-order valence-electron chi connectivity index (χ0n) is 26.0. The highest BCUT2D eigenvalue weighted by Crippen LogP contribution is 2.34. The first kappa shape index (κ1) is 36.2. The van der Waals surface area contributed by atoms with Crippen molar-refractivity contribution < 1.29 is 49.0 Å². The Labute approximate surface area is 249 Å².